The molecular formula is C15H16N2O. The highest BCUT2D eigenvalue weighted by Crippen LogP contribution is 2.18. The zero-order valence-corrected chi connectivity index (χ0v) is 10.4. The van der Waals surface area contributed by atoms with Crippen molar-refractivity contribution in [1.29, 1.82) is 0 Å². The van der Waals surface area contributed by atoms with E-state index in [-0.39, 0.29) is 5.91 Å². The summed E-state index contributed by atoms with van der Waals surface area (Å²) in [5, 5.41) is 2.80. The van der Waals surface area contributed by atoms with Gasteiger partial charge in [0.2, 0.25) is 5.91 Å². The standard InChI is InChI=1S/C15H16N2O/c1-2-7-15(18)17-14-11-6-10-13(16-14)12-8-4-3-5-9-12/h3-6,8-11H,2,7H2,1H3,(H,16,17,18). The minimum atomic E-state index is 0.00946. The summed E-state index contributed by atoms with van der Waals surface area (Å²) in [6, 6.07) is 15.6. The Hall–Kier alpha value is -2.16. The third-order valence-electron chi connectivity index (χ3n) is 2.56. The minimum absolute atomic E-state index is 0.00946. The van der Waals surface area contributed by atoms with Crippen molar-refractivity contribution in [3.63, 3.8) is 0 Å². The first kappa shape index (κ1) is 12.3. The fraction of sp³-hybridized carbons (Fsp3) is 0.200. The fourth-order valence-electron chi connectivity index (χ4n) is 1.71. The van der Waals surface area contributed by atoms with Gasteiger partial charge in [0.05, 0.1) is 5.69 Å². The van der Waals surface area contributed by atoms with Gasteiger partial charge < -0.3 is 5.32 Å². The number of pyridine rings is 1. The van der Waals surface area contributed by atoms with E-state index in [0.717, 1.165) is 17.7 Å². The topological polar surface area (TPSA) is 42.0 Å². The molecule has 0 atom stereocenters. The van der Waals surface area contributed by atoms with Gasteiger partial charge in [0.25, 0.3) is 0 Å². The van der Waals surface area contributed by atoms with Crippen molar-refractivity contribution < 1.29 is 4.79 Å². The highest BCUT2D eigenvalue weighted by Gasteiger charge is 2.03. The first-order chi connectivity index (χ1) is 8.79. The second-order valence-corrected chi connectivity index (χ2v) is 4.07. The molecule has 1 aromatic heterocycles. The minimum Gasteiger partial charge on any atom is -0.311 e. The molecule has 2 aromatic rings. The molecule has 18 heavy (non-hydrogen) atoms. The number of carbonyl (C=O) groups is 1. The molecular weight excluding hydrogens is 224 g/mol. The van der Waals surface area contributed by atoms with Gasteiger partial charge in [-0.2, -0.15) is 0 Å². The smallest absolute Gasteiger partial charge is 0.225 e. The van der Waals surface area contributed by atoms with E-state index < -0.39 is 0 Å². The monoisotopic (exact) mass is 240 g/mol. The largest absolute Gasteiger partial charge is 0.311 e. The molecule has 3 heteroatoms. The summed E-state index contributed by atoms with van der Waals surface area (Å²) in [5.74, 6) is 0.616. The van der Waals surface area contributed by atoms with Gasteiger partial charge in [0.1, 0.15) is 5.82 Å². The molecule has 0 saturated carbocycles. The zero-order valence-electron chi connectivity index (χ0n) is 10.4. The van der Waals surface area contributed by atoms with Gasteiger partial charge >= 0.3 is 0 Å². The summed E-state index contributed by atoms with van der Waals surface area (Å²) in [7, 11) is 0. The summed E-state index contributed by atoms with van der Waals surface area (Å²) >= 11 is 0. The van der Waals surface area contributed by atoms with Crippen LogP contribution in [-0.4, -0.2) is 10.9 Å². The summed E-state index contributed by atoms with van der Waals surface area (Å²) in [4.78, 5) is 15.9. The maximum Gasteiger partial charge on any atom is 0.225 e. The number of nitrogens with zero attached hydrogens (tertiary/aromatic N) is 1. The quantitative estimate of drug-likeness (QED) is 0.888. The molecule has 2 rings (SSSR count). The van der Waals surface area contributed by atoms with Crippen molar-refractivity contribution in [2.75, 3.05) is 5.32 Å². The number of carbonyl (C=O) groups excluding carboxylic acids is 1. The van der Waals surface area contributed by atoms with Crippen LogP contribution >= 0.6 is 0 Å². The number of anilines is 1. The molecule has 92 valence electrons. The molecule has 1 N–H and O–H groups in total. The second-order valence-electron chi connectivity index (χ2n) is 4.07. The van der Waals surface area contributed by atoms with E-state index in [0.29, 0.717) is 12.2 Å². The van der Waals surface area contributed by atoms with Crippen LogP contribution in [0.5, 0.6) is 0 Å². The summed E-state index contributed by atoms with van der Waals surface area (Å²) in [6.45, 7) is 1.98. The Labute approximate surface area is 107 Å². The number of hydrogen-bond acceptors (Lipinski definition) is 2. The SMILES string of the molecule is CCCC(=O)Nc1cccc(-c2ccccc2)n1. The van der Waals surface area contributed by atoms with Crippen LogP contribution in [0.25, 0.3) is 11.3 Å². The molecule has 0 spiro atoms. The average Bonchev–Trinajstić information content (AvgIpc) is 2.40. The Morgan fingerprint density at radius 3 is 2.61 bits per heavy atom. The van der Waals surface area contributed by atoms with E-state index >= 15 is 0 Å². The molecule has 1 amide bonds. The molecule has 3 nitrogen and oxygen atoms in total. The van der Waals surface area contributed by atoms with Gasteiger partial charge in [-0.25, -0.2) is 4.98 Å². The summed E-state index contributed by atoms with van der Waals surface area (Å²) < 4.78 is 0. The van der Waals surface area contributed by atoms with E-state index in [1.165, 1.54) is 0 Å². The zero-order chi connectivity index (χ0) is 12.8. The van der Waals surface area contributed by atoms with Crippen LogP contribution < -0.4 is 5.32 Å². The average molecular weight is 240 g/mol. The molecule has 0 aliphatic rings. The summed E-state index contributed by atoms with van der Waals surface area (Å²) in [6.07, 6.45) is 1.36. The maximum atomic E-state index is 11.5. The Bertz CT molecular complexity index is 523. The van der Waals surface area contributed by atoms with E-state index in [9.17, 15) is 4.79 Å². The van der Waals surface area contributed by atoms with Gasteiger partial charge in [-0.15, -0.1) is 0 Å². The third-order valence-corrected chi connectivity index (χ3v) is 2.56. The van der Waals surface area contributed by atoms with Crippen molar-refractivity contribution in [2.24, 2.45) is 0 Å². The van der Waals surface area contributed by atoms with E-state index in [2.05, 4.69) is 10.3 Å². The van der Waals surface area contributed by atoms with Gasteiger partial charge in [-0.1, -0.05) is 43.3 Å². The van der Waals surface area contributed by atoms with Crippen LogP contribution in [-0.2, 0) is 4.79 Å². The summed E-state index contributed by atoms with van der Waals surface area (Å²) in [5.41, 5.74) is 1.91. The highest BCUT2D eigenvalue weighted by molar-refractivity contribution is 5.89. The molecule has 0 aliphatic carbocycles. The Morgan fingerprint density at radius 1 is 1.11 bits per heavy atom. The van der Waals surface area contributed by atoms with Crippen molar-refractivity contribution in [3.8, 4) is 11.3 Å². The maximum absolute atomic E-state index is 11.5. The van der Waals surface area contributed by atoms with Gasteiger partial charge in [-0.05, 0) is 18.6 Å². The second kappa shape index (κ2) is 5.96. The third kappa shape index (κ3) is 3.17. The Kier molecular flexibility index (Phi) is 4.07. The van der Waals surface area contributed by atoms with Gasteiger partial charge in [0, 0.05) is 12.0 Å². The molecule has 0 radical (unpaired) electrons. The van der Waals surface area contributed by atoms with Crippen molar-refractivity contribution in [3.05, 3.63) is 48.5 Å². The number of benzene rings is 1. The van der Waals surface area contributed by atoms with Crippen molar-refractivity contribution in [2.45, 2.75) is 19.8 Å². The molecule has 1 aromatic carbocycles. The van der Waals surface area contributed by atoms with Crippen LogP contribution in [0, 0.1) is 0 Å². The Morgan fingerprint density at radius 2 is 1.89 bits per heavy atom. The van der Waals surface area contributed by atoms with Crippen LogP contribution in [0.4, 0.5) is 5.82 Å². The van der Waals surface area contributed by atoms with Gasteiger partial charge in [-0.3, -0.25) is 4.79 Å². The van der Waals surface area contributed by atoms with Gasteiger partial charge in [0.15, 0.2) is 0 Å². The van der Waals surface area contributed by atoms with Crippen molar-refractivity contribution in [1.82, 2.24) is 4.98 Å². The predicted octanol–water partition coefficient (Wildman–Crippen LogP) is 3.49. The Balaban J connectivity index is 2.18. The molecule has 1 heterocycles. The number of hydrogen-bond donors (Lipinski definition) is 1. The fourth-order valence-corrected chi connectivity index (χ4v) is 1.71. The highest BCUT2D eigenvalue weighted by atomic mass is 16.1. The molecule has 0 aliphatic heterocycles. The van der Waals surface area contributed by atoms with Crippen LogP contribution in [0.15, 0.2) is 48.5 Å². The van der Waals surface area contributed by atoms with Crippen LogP contribution in [0.1, 0.15) is 19.8 Å². The number of amides is 1. The molecule has 0 fully saturated rings. The van der Waals surface area contributed by atoms with Crippen molar-refractivity contribution >= 4 is 11.7 Å². The predicted molar refractivity (Wildman–Crippen MR) is 73.2 cm³/mol. The number of rotatable bonds is 4. The first-order valence-corrected chi connectivity index (χ1v) is 6.12. The molecule has 0 bridgehead atoms. The van der Waals surface area contributed by atoms with E-state index in [1.807, 2.05) is 49.4 Å². The normalized spacial score (nSPS) is 10.1. The lowest BCUT2D eigenvalue weighted by molar-refractivity contribution is -0.116. The van der Waals surface area contributed by atoms with E-state index in [1.54, 1.807) is 6.07 Å². The molecule has 0 saturated heterocycles. The first-order valence-electron chi connectivity index (χ1n) is 6.12. The van der Waals surface area contributed by atoms with Crippen LogP contribution in [0.2, 0.25) is 0 Å². The number of nitrogens with one attached hydrogen (secondary N) is 1. The molecule has 0 unspecified atom stereocenters. The lowest BCUT2D eigenvalue weighted by atomic mass is 10.1. The number of aromatic nitrogens is 1. The van der Waals surface area contributed by atoms with E-state index in [4.69, 9.17) is 0 Å². The lowest BCUT2D eigenvalue weighted by Gasteiger charge is -2.06. The van der Waals surface area contributed by atoms with Crippen LogP contribution in [0.3, 0.4) is 0 Å². The lowest BCUT2D eigenvalue weighted by Crippen LogP contribution is -2.11.